The molecule has 0 aromatic heterocycles. The molecule has 152 valence electrons. The Bertz CT molecular complexity index is 1050. The van der Waals surface area contributed by atoms with Crippen LogP contribution in [0.5, 0.6) is 5.75 Å². The normalized spacial score (nSPS) is 14.7. The first-order valence-corrected chi connectivity index (χ1v) is 9.98. The predicted molar refractivity (Wildman–Crippen MR) is 107 cm³/mol. The lowest BCUT2D eigenvalue weighted by molar-refractivity contribution is -0.441. The first-order valence-electron chi connectivity index (χ1n) is 9.32. The van der Waals surface area contributed by atoms with Crippen LogP contribution in [0, 0.1) is 0 Å². The summed E-state index contributed by atoms with van der Waals surface area (Å²) < 4.78 is 45.0. The Kier molecular flexibility index (Phi) is 5.23. The molecule has 1 aliphatic carbocycles. The highest BCUT2D eigenvalue weighted by atomic mass is 32.2. The van der Waals surface area contributed by atoms with Gasteiger partial charge in [0.05, 0.1) is 0 Å². The lowest BCUT2D eigenvalue weighted by atomic mass is 9.73. The van der Waals surface area contributed by atoms with Crippen LogP contribution in [0.2, 0.25) is 0 Å². The molecule has 0 aliphatic heterocycles. The molecule has 0 fully saturated rings. The standard InChI is InChI=1S/C22H19F3O3S/c1-3-21(4-2)19-8-6-5-7-17(19)18-12-14-9-10-16(11-15(14)13-20(18)21)26-29-28-27-22(23,24)25/h5-13H,3-4H2,1-2H3. The lowest BCUT2D eigenvalue weighted by Crippen LogP contribution is -2.22. The summed E-state index contributed by atoms with van der Waals surface area (Å²) in [4.78, 5) is 3.23. The average Bonchev–Trinajstić information content (AvgIpc) is 2.98. The third-order valence-corrected chi connectivity index (χ3v) is 6.07. The number of fused-ring (bicyclic) bond motifs is 4. The minimum atomic E-state index is -4.88. The van der Waals surface area contributed by atoms with Crippen molar-refractivity contribution in [3.05, 3.63) is 65.7 Å². The van der Waals surface area contributed by atoms with Crippen LogP contribution in [-0.2, 0) is 14.6 Å². The van der Waals surface area contributed by atoms with Crippen molar-refractivity contribution in [1.29, 1.82) is 0 Å². The van der Waals surface area contributed by atoms with Gasteiger partial charge in [-0.25, -0.2) is 0 Å². The fourth-order valence-electron chi connectivity index (χ4n) is 4.34. The molecule has 3 aromatic rings. The van der Waals surface area contributed by atoms with E-state index < -0.39 is 6.36 Å². The number of alkyl halides is 3. The van der Waals surface area contributed by atoms with Crippen molar-refractivity contribution in [3.63, 3.8) is 0 Å². The van der Waals surface area contributed by atoms with E-state index in [2.05, 4.69) is 59.5 Å². The third-order valence-electron chi connectivity index (χ3n) is 5.69. The lowest BCUT2D eigenvalue weighted by Gasteiger charge is -2.29. The van der Waals surface area contributed by atoms with Crippen LogP contribution in [-0.4, -0.2) is 6.36 Å². The molecular formula is C22H19F3O3S. The maximum Gasteiger partial charge on any atom is 0.550 e. The molecule has 0 heterocycles. The summed E-state index contributed by atoms with van der Waals surface area (Å²) in [7, 11) is 0. The molecule has 3 aromatic carbocycles. The average molecular weight is 420 g/mol. The van der Waals surface area contributed by atoms with E-state index in [0.29, 0.717) is 5.75 Å². The summed E-state index contributed by atoms with van der Waals surface area (Å²) in [6, 6.07) is 18.2. The topological polar surface area (TPSA) is 27.7 Å². The molecule has 0 atom stereocenters. The Morgan fingerprint density at radius 2 is 1.62 bits per heavy atom. The Hall–Kier alpha value is -2.22. The smallest absolute Gasteiger partial charge is 0.399 e. The van der Waals surface area contributed by atoms with Crippen molar-refractivity contribution in [1.82, 2.24) is 0 Å². The molecule has 0 bridgehead atoms. The van der Waals surface area contributed by atoms with E-state index in [1.807, 2.05) is 6.07 Å². The van der Waals surface area contributed by atoms with E-state index in [4.69, 9.17) is 4.18 Å². The van der Waals surface area contributed by atoms with E-state index in [0.717, 1.165) is 23.6 Å². The number of halogens is 3. The molecule has 0 unspecified atom stereocenters. The van der Waals surface area contributed by atoms with E-state index in [9.17, 15) is 13.2 Å². The monoisotopic (exact) mass is 420 g/mol. The first-order chi connectivity index (χ1) is 13.9. The van der Waals surface area contributed by atoms with Crippen LogP contribution in [0.15, 0.2) is 54.6 Å². The second-order valence-corrected chi connectivity index (χ2v) is 7.43. The molecule has 0 N–H and O–H groups in total. The van der Waals surface area contributed by atoms with Crippen molar-refractivity contribution in [2.75, 3.05) is 0 Å². The molecule has 0 saturated carbocycles. The summed E-state index contributed by atoms with van der Waals surface area (Å²) in [6.07, 6.45) is -2.92. The number of rotatable bonds is 6. The first kappa shape index (κ1) is 20.1. The Labute approximate surface area is 171 Å². The van der Waals surface area contributed by atoms with E-state index >= 15 is 0 Å². The fourth-order valence-corrected chi connectivity index (χ4v) is 4.66. The van der Waals surface area contributed by atoms with E-state index in [1.165, 1.54) is 22.3 Å². The van der Waals surface area contributed by atoms with Crippen molar-refractivity contribution < 1.29 is 26.6 Å². The molecule has 0 saturated heterocycles. The zero-order valence-electron chi connectivity index (χ0n) is 15.9. The van der Waals surface area contributed by atoms with Crippen LogP contribution in [0.3, 0.4) is 0 Å². The van der Waals surface area contributed by atoms with Crippen molar-refractivity contribution in [2.24, 2.45) is 0 Å². The minimum Gasteiger partial charge on any atom is -0.399 e. The van der Waals surface area contributed by atoms with Gasteiger partial charge in [0, 0.05) is 5.41 Å². The van der Waals surface area contributed by atoms with Gasteiger partial charge < -0.3 is 4.18 Å². The predicted octanol–water partition coefficient (Wildman–Crippen LogP) is 7.34. The largest absolute Gasteiger partial charge is 0.550 e. The highest BCUT2D eigenvalue weighted by molar-refractivity contribution is 7.90. The molecule has 0 radical (unpaired) electrons. The maximum absolute atomic E-state index is 12.0. The van der Waals surface area contributed by atoms with Gasteiger partial charge in [-0.15, -0.1) is 22.4 Å². The minimum absolute atomic E-state index is 0.0462. The second kappa shape index (κ2) is 7.55. The molecular weight excluding hydrogens is 401 g/mol. The SMILES string of the molecule is CCC1(CC)c2ccccc2-c2cc3ccc(OSOOC(F)(F)F)cc3cc21. The summed E-state index contributed by atoms with van der Waals surface area (Å²) >= 11 is 0.124. The van der Waals surface area contributed by atoms with E-state index in [-0.39, 0.29) is 17.7 Å². The van der Waals surface area contributed by atoms with E-state index in [1.54, 1.807) is 12.1 Å². The van der Waals surface area contributed by atoms with Crippen molar-refractivity contribution in [3.8, 4) is 16.9 Å². The highest BCUT2D eigenvalue weighted by Gasteiger charge is 2.40. The quantitative estimate of drug-likeness (QED) is 0.180. The van der Waals surface area contributed by atoms with Crippen LogP contribution >= 0.6 is 12.3 Å². The van der Waals surface area contributed by atoms with Gasteiger partial charge in [0.2, 0.25) is 0 Å². The molecule has 29 heavy (non-hydrogen) atoms. The Morgan fingerprint density at radius 3 is 2.34 bits per heavy atom. The molecule has 1 aliphatic rings. The zero-order chi connectivity index (χ0) is 20.6. The number of hydrogen-bond donors (Lipinski definition) is 0. The highest BCUT2D eigenvalue weighted by Crippen LogP contribution is 2.53. The van der Waals surface area contributed by atoms with Gasteiger partial charge in [0.1, 0.15) is 5.75 Å². The summed E-state index contributed by atoms with van der Waals surface area (Å²) in [5.41, 5.74) is 5.08. The van der Waals surface area contributed by atoms with Gasteiger partial charge >= 0.3 is 6.36 Å². The zero-order valence-corrected chi connectivity index (χ0v) is 16.7. The van der Waals surface area contributed by atoms with Gasteiger partial charge in [0.15, 0.2) is 0 Å². The number of benzene rings is 3. The van der Waals surface area contributed by atoms with Crippen LogP contribution < -0.4 is 4.18 Å². The van der Waals surface area contributed by atoms with Crippen LogP contribution in [0.4, 0.5) is 13.2 Å². The van der Waals surface area contributed by atoms with Crippen LogP contribution in [0.25, 0.3) is 21.9 Å². The summed E-state index contributed by atoms with van der Waals surface area (Å²) in [5, 5.41) is 1.99. The second-order valence-electron chi connectivity index (χ2n) is 6.99. The molecule has 0 amide bonds. The fraction of sp³-hybridized carbons (Fsp3) is 0.273. The van der Waals surface area contributed by atoms with Gasteiger partial charge in [0.25, 0.3) is 12.3 Å². The molecule has 3 nitrogen and oxygen atoms in total. The number of hydrogen-bond acceptors (Lipinski definition) is 4. The maximum atomic E-state index is 12.0. The van der Waals surface area contributed by atoms with Crippen molar-refractivity contribution in [2.45, 2.75) is 38.5 Å². The third kappa shape index (κ3) is 3.58. The molecule has 4 rings (SSSR count). The van der Waals surface area contributed by atoms with Crippen molar-refractivity contribution >= 4 is 23.1 Å². The molecule has 0 spiro atoms. The summed E-state index contributed by atoms with van der Waals surface area (Å²) in [5.74, 6) is 0.377. The Morgan fingerprint density at radius 1 is 0.862 bits per heavy atom. The van der Waals surface area contributed by atoms with Gasteiger partial charge in [-0.2, -0.15) is 0 Å². The Balaban J connectivity index is 1.69. The van der Waals surface area contributed by atoms with Gasteiger partial charge in [-0.1, -0.05) is 44.2 Å². The van der Waals surface area contributed by atoms with Gasteiger partial charge in [-0.3, -0.25) is 0 Å². The molecule has 7 heteroatoms. The summed E-state index contributed by atoms with van der Waals surface area (Å²) in [6.45, 7) is 4.40. The van der Waals surface area contributed by atoms with Crippen LogP contribution in [0.1, 0.15) is 37.8 Å². The van der Waals surface area contributed by atoms with Gasteiger partial charge in [-0.05, 0) is 70.1 Å².